The molecule has 2 aliphatic heterocycles. The molecule has 3 heterocycles. The summed E-state index contributed by atoms with van der Waals surface area (Å²) in [5, 5.41) is 3.23. The number of rotatable bonds is 4. The molecule has 6 heteroatoms. The van der Waals surface area contributed by atoms with Crippen LogP contribution in [0.5, 0.6) is 0 Å². The van der Waals surface area contributed by atoms with Crippen LogP contribution in [0.15, 0.2) is 24.5 Å². The second kappa shape index (κ2) is 7.95. The zero-order valence-corrected chi connectivity index (χ0v) is 15.1. The second-order valence-electron chi connectivity index (χ2n) is 7.24. The van der Waals surface area contributed by atoms with E-state index in [4.69, 9.17) is 0 Å². The number of likely N-dealkylation sites (tertiary alicyclic amines) is 2. The number of amides is 2. The number of hydrogen-bond acceptors (Lipinski definition) is 4. The SMILES string of the molecule is CCC(=O)N1CC(C(=O)NC2CCN(C)CC2)[C@H](c2cccnc2)C1. The van der Waals surface area contributed by atoms with Gasteiger partial charge in [-0.15, -0.1) is 0 Å². The Morgan fingerprint density at radius 1 is 1.28 bits per heavy atom. The third-order valence-electron chi connectivity index (χ3n) is 5.49. The first kappa shape index (κ1) is 17.9. The fourth-order valence-electron chi connectivity index (χ4n) is 3.89. The summed E-state index contributed by atoms with van der Waals surface area (Å²) in [6.45, 7) is 5.01. The van der Waals surface area contributed by atoms with Crippen LogP contribution in [0.25, 0.3) is 0 Å². The molecule has 0 aromatic carbocycles. The molecule has 6 nitrogen and oxygen atoms in total. The molecule has 1 unspecified atom stereocenters. The summed E-state index contributed by atoms with van der Waals surface area (Å²) in [5.74, 6) is 0.0214. The molecule has 2 aliphatic rings. The van der Waals surface area contributed by atoms with Crippen LogP contribution in [0, 0.1) is 5.92 Å². The lowest BCUT2D eigenvalue weighted by molar-refractivity contribution is -0.130. The first-order chi connectivity index (χ1) is 12.1. The first-order valence-corrected chi connectivity index (χ1v) is 9.25. The molecular formula is C19H28N4O2. The molecule has 1 aromatic rings. The fraction of sp³-hybridized carbons (Fsp3) is 0.632. The lowest BCUT2D eigenvalue weighted by atomic mass is 9.89. The molecule has 2 fully saturated rings. The van der Waals surface area contributed by atoms with E-state index < -0.39 is 0 Å². The van der Waals surface area contributed by atoms with Gasteiger partial charge in [-0.25, -0.2) is 0 Å². The van der Waals surface area contributed by atoms with Gasteiger partial charge in [-0.05, 0) is 44.6 Å². The molecule has 0 bridgehead atoms. The third kappa shape index (κ3) is 4.18. The van der Waals surface area contributed by atoms with Crippen LogP contribution in [0.1, 0.15) is 37.7 Å². The van der Waals surface area contributed by atoms with Gasteiger partial charge < -0.3 is 15.1 Å². The lowest BCUT2D eigenvalue weighted by Crippen LogP contribution is -2.46. The van der Waals surface area contributed by atoms with Gasteiger partial charge in [-0.3, -0.25) is 14.6 Å². The molecule has 0 radical (unpaired) electrons. The van der Waals surface area contributed by atoms with E-state index in [1.54, 1.807) is 6.20 Å². The van der Waals surface area contributed by atoms with Crippen LogP contribution in [0.2, 0.25) is 0 Å². The van der Waals surface area contributed by atoms with Gasteiger partial charge in [0.2, 0.25) is 11.8 Å². The quantitative estimate of drug-likeness (QED) is 0.893. The highest BCUT2D eigenvalue weighted by molar-refractivity contribution is 5.83. The van der Waals surface area contributed by atoms with Gasteiger partial charge in [0, 0.05) is 43.9 Å². The van der Waals surface area contributed by atoms with E-state index in [-0.39, 0.29) is 29.7 Å². The Bertz CT molecular complexity index is 599. The van der Waals surface area contributed by atoms with Crippen molar-refractivity contribution in [3.05, 3.63) is 30.1 Å². The predicted octanol–water partition coefficient (Wildman–Crippen LogP) is 1.24. The molecule has 1 N–H and O–H groups in total. The summed E-state index contributed by atoms with van der Waals surface area (Å²) < 4.78 is 0. The molecule has 0 aliphatic carbocycles. The fourth-order valence-corrected chi connectivity index (χ4v) is 3.89. The summed E-state index contributed by atoms with van der Waals surface area (Å²) in [4.78, 5) is 33.4. The molecule has 2 amide bonds. The zero-order valence-electron chi connectivity index (χ0n) is 15.1. The van der Waals surface area contributed by atoms with Gasteiger partial charge in [-0.2, -0.15) is 0 Å². The highest BCUT2D eigenvalue weighted by Gasteiger charge is 2.40. The second-order valence-corrected chi connectivity index (χ2v) is 7.24. The van der Waals surface area contributed by atoms with E-state index in [1.165, 1.54) is 0 Å². The summed E-state index contributed by atoms with van der Waals surface area (Å²) in [6.07, 6.45) is 6.01. The number of piperidine rings is 1. The van der Waals surface area contributed by atoms with Gasteiger partial charge in [0.1, 0.15) is 0 Å². The third-order valence-corrected chi connectivity index (χ3v) is 5.49. The summed E-state index contributed by atoms with van der Waals surface area (Å²) in [5.41, 5.74) is 1.04. The summed E-state index contributed by atoms with van der Waals surface area (Å²) >= 11 is 0. The maximum atomic E-state index is 13.0. The Hall–Kier alpha value is -1.95. The van der Waals surface area contributed by atoms with Crippen molar-refractivity contribution in [2.45, 2.75) is 38.1 Å². The Morgan fingerprint density at radius 3 is 2.68 bits per heavy atom. The molecular weight excluding hydrogens is 316 g/mol. The number of pyridine rings is 1. The minimum absolute atomic E-state index is 0.0236. The normalized spacial score (nSPS) is 25.1. The molecule has 2 atom stereocenters. The van der Waals surface area contributed by atoms with Crippen molar-refractivity contribution in [1.82, 2.24) is 20.1 Å². The average molecular weight is 344 g/mol. The van der Waals surface area contributed by atoms with Crippen molar-refractivity contribution in [3.8, 4) is 0 Å². The van der Waals surface area contributed by atoms with E-state index in [1.807, 2.05) is 30.2 Å². The Kier molecular flexibility index (Phi) is 5.68. The number of carbonyl (C=O) groups is 2. The van der Waals surface area contributed by atoms with E-state index in [0.29, 0.717) is 19.5 Å². The largest absolute Gasteiger partial charge is 0.353 e. The van der Waals surface area contributed by atoms with Crippen molar-refractivity contribution >= 4 is 11.8 Å². The highest BCUT2D eigenvalue weighted by atomic mass is 16.2. The van der Waals surface area contributed by atoms with Crippen molar-refractivity contribution in [1.29, 1.82) is 0 Å². The monoisotopic (exact) mass is 344 g/mol. The van der Waals surface area contributed by atoms with Crippen LogP contribution in [-0.4, -0.2) is 65.9 Å². The Morgan fingerprint density at radius 2 is 2.04 bits per heavy atom. The molecule has 136 valence electrons. The number of aromatic nitrogens is 1. The molecule has 0 saturated carbocycles. The Labute approximate surface area is 149 Å². The molecule has 0 spiro atoms. The molecule has 1 aromatic heterocycles. The zero-order chi connectivity index (χ0) is 17.8. The van der Waals surface area contributed by atoms with E-state index in [2.05, 4.69) is 22.2 Å². The first-order valence-electron chi connectivity index (χ1n) is 9.25. The minimum Gasteiger partial charge on any atom is -0.353 e. The van der Waals surface area contributed by atoms with Gasteiger partial charge in [0.15, 0.2) is 0 Å². The number of nitrogens with one attached hydrogen (secondary N) is 1. The standard InChI is InChI=1S/C19H28N4O2/c1-3-18(24)23-12-16(14-5-4-8-20-11-14)17(13-23)19(25)21-15-6-9-22(2)10-7-15/h4-5,8,11,15-17H,3,6-7,9-10,12-13H2,1-2H3,(H,21,25)/t16-,17?/m0/s1. The van der Waals surface area contributed by atoms with Crippen LogP contribution in [0.4, 0.5) is 0 Å². The van der Waals surface area contributed by atoms with Gasteiger partial charge in [0.25, 0.3) is 0 Å². The van der Waals surface area contributed by atoms with Crippen LogP contribution >= 0.6 is 0 Å². The Balaban J connectivity index is 1.71. The van der Waals surface area contributed by atoms with Crippen molar-refractivity contribution in [2.24, 2.45) is 5.92 Å². The van der Waals surface area contributed by atoms with Crippen molar-refractivity contribution in [2.75, 3.05) is 33.2 Å². The summed E-state index contributed by atoms with van der Waals surface area (Å²) in [7, 11) is 2.11. The van der Waals surface area contributed by atoms with Gasteiger partial charge >= 0.3 is 0 Å². The van der Waals surface area contributed by atoms with Gasteiger partial charge in [-0.1, -0.05) is 13.0 Å². The number of carbonyl (C=O) groups excluding carboxylic acids is 2. The van der Waals surface area contributed by atoms with Gasteiger partial charge in [0.05, 0.1) is 5.92 Å². The van der Waals surface area contributed by atoms with E-state index in [0.717, 1.165) is 31.5 Å². The molecule has 25 heavy (non-hydrogen) atoms. The number of hydrogen-bond donors (Lipinski definition) is 1. The summed E-state index contributed by atoms with van der Waals surface area (Å²) in [6, 6.07) is 4.15. The highest BCUT2D eigenvalue weighted by Crippen LogP contribution is 2.33. The maximum Gasteiger partial charge on any atom is 0.225 e. The lowest BCUT2D eigenvalue weighted by Gasteiger charge is -2.30. The van der Waals surface area contributed by atoms with Crippen LogP contribution in [-0.2, 0) is 9.59 Å². The smallest absolute Gasteiger partial charge is 0.225 e. The molecule has 2 saturated heterocycles. The van der Waals surface area contributed by atoms with Crippen molar-refractivity contribution < 1.29 is 9.59 Å². The number of nitrogens with zero attached hydrogens (tertiary/aromatic N) is 3. The predicted molar refractivity (Wildman–Crippen MR) is 96.0 cm³/mol. The van der Waals surface area contributed by atoms with Crippen LogP contribution in [0.3, 0.4) is 0 Å². The van der Waals surface area contributed by atoms with Crippen molar-refractivity contribution in [3.63, 3.8) is 0 Å². The molecule has 3 rings (SSSR count). The maximum absolute atomic E-state index is 13.0. The van der Waals surface area contributed by atoms with E-state index >= 15 is 0 Å². The van der Waals surface area contributed by atoms with E-state index in [9.17, 15) is 9.59 Å². The topological polar surface area (TPSA) is 65.5 Å². The minimum atomic E-state index is -0.195. The average Bonchev–Trinajstić information content (AvgIpc) is 3.09. The van der Waals surface area contributed by atoms with Crippen LogP contribution < -0.4 is 5.32 Å².